The molecule has 0 amide bonds. The molecule has 0 atom stereocenters. The molecule has 1 aliphatic rings. The summed E-state index contributed by atoms with van der Waals surface area (Å²) >= 11 is 0. The highest BCUT2D eigenvalue weighted by molar-refractivity contribution is 5.94. The van der Waals surface area contributed by atoms with Crippen LogP contribution in [0.15, 0.2) is 36.4 Å². The molecule has 1 aliphatic carbocycles. The van der Waals surface area contributed by atoms with Crippen LogP contribution < -0.4 is 0 Å². The zero-order chi connectivity index (χ0) is 14.6. The maximum Gasteiger partial charge on any atom is 0.119 e. The Morgan fingerprint density at radius 3 is 2.67 bits per heavy atom. The Hall–Kier alpha value is -2.42. The van der Waals surface area contributed by atoms with Crippen molar-refractivity contribution in [1.29, 1.82) is 0 Å². The molecule has 0 fully saturated rings. The van der Waals surface area contributed by atoms with Crippen LogP contribution in [0.4, 0.5) is 0 Å². The minimum absolute atomic E-state index is 0.295. The Bertz CT molecular complexity index is 861. The molecule has 1 aromatic heterocycles. The summed E-state index contributed by atoms with van der Waals surface area (Å²) in [4.78, 5) is 0. The van der Waals surface area contributed by atoms with E-state index >= 15 is 0 Å². The van der Waals surface area contributed by atoms with Crippen molar-refractivity contribution >= 4 is 10.9 Å². The molecule has 2 N–H and O–H groups in total. The first kappa shape index (κ1) is 12.3. The van der Waals surface area contributed by atoms with Crippen LogP contribution >= 0.6 is 0 Å². The number of aromatic nitrogens is 1. The highest BCUT2D eigenvalue weighted by Crippen LogP contribution is 2.43. The minimum Gasteiger partial charge on any atom is -0.508 e. The third-order valence-corrected chi connectivity index (χ3v) is 4.50. The molecule has 0 saturated heterocycles. The first-order chi connectivity index (χ1) is 10.2. The van der Waals surface area contributed by atoms with E-state index in [0.29, 0.717) is 11.5 Å². The molecule has 3 aromatic rings. The molecule has 0 spiro atoms. The van der Waals surface area contributed by atoms with Gasteiger partial charge < -0.3 is 14.8 Å². The van der Waals surface area contributed by atoms with Crippen LogP contribution in [0.3, 0.4) is 0 Å². The second kappa shape index (κ2) is 4.29. The summed E-state index contributed by atoms with van der Waals surface area (Å²) in [5.41, 5.74) is 5.74. The largest absolute Gasteiger partial charge is 0.508 e. The van der Waals surface area contributed by atoms with Crippen LogP contribution in [-0.4, -0.2) is 14.8 Å². The smallest absolute Gasteiger partial charge is 0.119 e. The van der Waals surface area contributed by atoms with Gasteiger partial charge in [-0.15, -0.1) is 0 Å². The molecule has 0 saturated carbocycles. The fourth-order valence-corrected chi connectivity index (χ4v) is 3.61. The van der Waals surface area contributed by atoms with Crippen molar-refractivity contribution in [2.45, 2.75) is 26.3 Å². The van der Waals surface area contributed by atoms with Crippen molar-refractivity contribution < 1.29 is 10.2 Å². The summed E-state index contributed by atoms with van der Waals surface area (Å²) in [5, 5.41) is 21.1. The number of phenols is 2. The lowest BCUT2D eigenvalue weighted by molar-refractivity contribution is 0.467. The number of aromatic hydroxyl groups is 2. The van der Waals surface area contributed by atoms with Gasteiger partial charge in [0.2, 0.25) is 0 Å². The molecule has 4 rings (SSSR count). The minimum atomic E-state index is 0.295. The van der Waals surface area contributed by atoms with Crippen molar-refractivity contribution in [3.63, 3.8) is 0 Å². The van der Waals surface area contributed by atoms with Gasteiger partial charge in [-0.25, -0.2) is 0 Å². The van der Waals surface area contributed by atoms with E-state index in [-0.39, 0.29) is 0 Å². The number of fused-ring (bicyclic) bond motifs is 5. The summed E-state index contributed by atoms with van der Waals surface area (Å²) in [6.07, 6.45) is 1.78. The normalized spacial score (nSPS) is 13.2. The van der Waals surface area contributed by atoms with Crippen LogP contribution in [0, 0.1) is 0 Å². The predicted molar refractivity (Wildman–Crippen MR) is 83.8 cm³/mol. The Kier molecular flexibility index (Phi) is 2.52. The van der Waals surface area contributed by atoms with E-state index in [1.54, 1.807) is 12.1 Å². The van der Waals surface area contributed by atoms with Crippen molar-refractivity contribution in [3.05, 3.63) is 47.5 Å². The monoisotopic (exact) mass is 279 g/mol. The van der Waals surface area contributed by atoms with Gasteiger partial charge in [0.1, 0.15) is 11.5 Å². The van der Waals surface area contributed by atoms with E-state index in [9.17, 15) is 10.2 Å². The van der Waals surface area contributed by atoms with Gasteiger partial charge >= 0.3 is 0 Å². The Balaban J connectivity index is 2.14. The zero-order valence-corrected chi connectivity index (χ0v) is 11.9. The molecule has 3 nitrogen and oxygen atoms in total. The first-order valence-electron chi connectivity index (χ1n) is 7.36. The van der Waals surface area contributed by atoms with E-state index in [1.165, 1.54) is 16.6 Å². The summed E-state index contributed by atoms with van der Waals surface area (Å²) in [6, 6.07) is 11.3. The number of hydrogen-bond donors (Lipinski definition) is 2. The predicted octanol–water partition coefficient (Wildman–Crippen LogP) is 3.84. The van der Waals surface area contributed by atoms with Gasteiger partial charge in [0.15, 0.2) is 0 Å². The molecule has 106 valence electrons. The van der Waals surface area contributed by atoms with Crippen LogP contribution in [0.5, 0.6) is 11.5 Å². The molecule has 1 heterocycles. The zero-order valence-electron chi connectivity index (χ0n) is 11.9. The van der Waals surface area contributed by atoms with Gasteiger partial charge in [0.25, 0.3) is 0 Å². The maximum atomic E-state index is 10.1. The summed E-state index contributed by atoms with van der Waals surface area (Å²) in [6.45, 7) is 2.95. The third kappa shape index (κ3) is 1.60. The number of benzene rings is 2. The van der Waals surface area contributed by atoms with Crippen molar-refractivity contribution in [1.82, 2.24) is 4.57 Å². The average Bonchev–Trinajstić information content (AvgIpc) is 2.80. The second-order valence-electron chi connectivity index (χ2n) is 5.58. The topological polar surface area (TPSA) is 45.4 Å². The molecule has 0 bridgehead atoms. The van der Waals surface area contributed by atoms with E-state index in [2.05, 4.69) is 17.6 Å². The number of hydrogen-bond acceptors (Lipinski definition) is 2. The second-order valence-corrected chi connectivity index (χ2v) is 5.58. The van der Waals surface area contributed by atoms with Crippen molar-refractivity contribution in [2.24, 2.45) is 0 Å². The van der Waals surface area contributed by atoms with Gasteiger partial charge in [-0.1, -0.05) is 12.1 Å². The summed E-state index contributed by atoms with van der Waals surface area (Å²) in [5.74, 6) is 0.678. The Morgan fingerprint density at radius 1 is 1.05 bits per heavy atom. The van der Waals surface area contributed by atoms with Gasteiger partial charge in [-0.2, -0.15) is 0 Å². The number of phenolic OH excluding ortho intramolecular Hbond substituents is 2. The van der Waals surface area contributed by atoms with E-state index in [1.807, 2.05) is 18.2 Å². The van der Waals surface area contributed by atoms with Gasteiger partial charge in [-0.05, 0) is 43.5 Å². The van der Waals surface area contributed by atoms with Gasteiger partial charge in [0.05, 0.1) is 11.2 Å². The Morgan fingerprint density at radius 2 is 1.86 bits per heavy atom. The fraction of sp³-hybridized carbons (Fsp3) is 0.222. The van der Waals surface area contributed by atoms with Crippen molar-refractivity contribution in [3.8, 4) is 22.8 Å². The van der Waals surface area contributed by atoms with Crippen LogP contribution in [0.1, 0.15) is 18.1 Å². The lowest BCUT2D eigenvalue weighted by atomic mass is 9.88. The quantitative estimate of drug-likeness (QED) is 0.711. The molecule has 0 aliphatic heterocycles. The molecule has 0 radical (unpaired) electrons. The molecular formula is C18H17NO2. The molecule has 21 heavy (non-hydrogen) atoms. The molecular weight excluding hydrogens is 262 g/mol. The lowest BCUT2D eigenvalue weighted by Gasteiger charge is -2.20. The van der Waals surface area contributed by atoms with Crippen molar-refractivity contribution in [2.75, 3.05) is 0 Å². The fourth-order valence-electron chi connectivity index (χ4n) is 3.61. The average molecular weight is 279 g/mol. The highest BCUT2D eigenvalue weighted by atomic mass is 16.3. The number of aryl methyl sites for hydroxylation is 2. The molecule has 0 unspecified atom stereocenters. The standard InChI is InChI=1S/C18H17NO2/c1-2-19-16-10-11(20)6-7-12(16)15-9-8-13-14(18(15)19)4-3-5-17(13)21/h3-7,10,20-21H,2,8-9H2,1H3. The third-order valence-electron chi connectivity index (χ3n) is 4.50. The van der Waals surface area contributed by atoms with E-state index in [4.69, 9.17) is 0 Å². The summed E-state index contributed by atoms with van der Waals surface area (Å²) in [7, 11) is 0. The Labute approximate surface area is 123 Å². The van der Waals surface area contributed by atoms with E-state index < -0.39 is 0 Å². The van der Waals surface area contributed by atoms with Gasteiger partial charge in [-0.3, -0.25) is 0 Å². The maximum absolute atomic E-state index is 10.1. The van der Waals surface area contributed by atoms with E-state index in [0.717, 1.165) is 36.0 Å². The van der Waals surface area contributed by atoms with Crippen LogP contribution in [-0.2, 0) is 19.4 Å². The summed E-state index contributed by atoms with van der Waals surface area (Å²) < 4.78 is 2.24. The number of nitrogens with zero attached hydrogens (tertiary/aromatic N) is 1. The lowest BCUT2D eigenvalue weighted by Crippen LogP contribution is -2.07. The van der Waals surface area contributed by atoms with Crippen LogP contribution in [0.25, 0.3) is 22.2 Å². The molecule has 2 aromatic carbocycles. The van der Waals surface area contributed by atoms with Crippen LogP contribution in [0.2, 0.25) is 0 Å². The molecule has 3 heteroatoms. The number of rotatable bonds is 1. The first-order valence-corrected chi connectivity index (χ1v) is 7.36. The highest BCUT2D eigenvalue weighted by Gasteiger charge is 2.25. The van der Waals surface area contributed by atoms with Gasteiger partial charge in [0, 0.05) is 29.1 Å². The SMILES string of the molecule is CCn1c2c(c3ccc(O)cc31)CCc1c(O)cccc1-2.